The minimum absolute atomic E-state index is 0.0216. The van der Waals surface area contributed by atoms with Gasteiger partial charge < -0.3 is 20.1 Å². The molecule has 0 aliphatic heterocycles. The molecule has 1 aromatic heterocycles. The van der Waals surface area contributed by atoms with Gasteiger partial charge in [0.25, 0.3) is 0 Å². The van der Waals surface area contributed by atoms with Gasteiger partial charge in [-0.2, -0.15) is 0 Å². The highest BCUT2D eigenvalue weighted by Crippen LogP contribution is 2.34. The lowest BCUT2D eigenvalue weighted by Crippen LogP contribution is -2.30. The normalized spacial score (nSPS) is 11.6. The van der Waals surface area contributed by atoms with Crippen LogP contribution in [0.3, 0.4) is 0 Å². The predicted molar refractivity (Wildman–Crippen MR) is 112 cm³/mol. The maximum Gasteiger partial charge on any atom is 0.348 e. The van der Waals surface area contributed by atoms with Crippen LogP contribution in [0.25, 0.3) is 0 Å². The van der Waals surface area contributed by atoms with Crippen molar-refractivity contribution in [1.29, 1.82) is 0 Å². The third-order valence-electron chi connectivity index (χ3n) is 4.21. The minimum Gasteiger partial charge on any atom is -0.462 e. The lowest BCUT2D eigenvalue weighted by Gasteiger charge is -2.14. The van der Waals surface area contributed by atoms with E-state index in [4.69, 9.17) is 9.47 Å². The summed E-state index contributed by atoms with van der Waals surface area (Å²) in [6.45, 7) is 7.44. The van der Waals surface area contributed by atoms with E-state index in [1.807, 2.05) is 37.3 Å². The first kappa shape index (κ1) is 22.6. The van der Waals surface area contributed by atoms with Crippen molar-refractivity contribution in [3.05, 3.63) is 51.9 Å². The Morgan fingerprint density at radius 2 is 1.66 bits per heavy atom. The van der Waals surface area contributed by atoms with Crippen molar-refractivity contribution in [2.75, 3.05) is 25.1 Å². The van der Waals surface area contributed by atoms with E-state index in [-0.39, 0.29) is 47.1 Å². The van der Waals surface area contributed by atoms with Gasteiger partial charge in [0.2, 0.25) is 5.91 Å². The molecule has 8 heteroatoms. The van der Waals surface area contributed by atoms with Crippen LogP contribution in [0.5, 0.6) is 0 Å². The number of carbonyl (C=O) groups is 3. The Hall–Kier alpha value is -2.71. The van der Waals surface area contributed by atoms with Gasteiger partial charge in [0.15, 0.2) is 0 Å². The van der Waals surface area contributed by atoms with E-state index >= 15 is 0 Å². The number of benzene rings is 1. The fourth-order valence-electron chi connectivity index (χ4n) is 2.72. The van der Waals surface area contributed by atoms with Crippen LogP contribution in [0, 0.1) is 6.92 Å². The van der Waals surface area contributed by atoms with Crippen LogP contribution in [0.2, 0.25) is 0 Å². The summed E-state index contributed by atoms with van der Waals surface area (Å²) in [7, 11) is 0. The maximum atomic E-state index is 12.5. The van der Waals surface area contributed by atoms with Gasteiger partial charge in [0, 0.05) is 6.04 Å². The zero-order valence-electron chi connectivity index (χ0n) is 17.0. The summed E-state index contributed by atoms with van der Waals surface area (Å²) in [4.78, 5) is 37.3. The zero-order chi connectivity index (χ0) is 21.4. The second kappa shape index (κ2) is 10.7. The first-order chi connectivity index (χ1) is 13.9. The van der Waals surface area contributed by atoms with Gasteiger partial charge in [0.1, 0.15) is 9.88 Å². The Morgan fingerprint density at radius 1 is 1.03 bits per heavy atom. The molecule has 0 aliphatic rings. The van der Waals surface area contributed by atoms with Gasteiger partial charge in [0.05, 0.1) is 25.3 Å². The molecular weight excluding hydrogens is 392 g/mol. The van der Waals surface area contributed by atoms with Crippen molar-refractivity contribution in [1.82, 2.24) is 5.32 Å². The smallest absolute Gasteiger partial charge is 0.348 e. The molecule has 7 nitrogen and oxygen atoms in total. The number of anilines is 1. The van der Waals surface area contributed by atoms with Crippen molar-refractivity contribution in [2.24, 2.45) is 0 Å². The number of esters is 2. The number of rotatable bonds is 9. The van der Waals surface area contributed by atoms with Crippen molar-refractivity contribution in [3.63, 3.8) is 0 Å². The van der Waals surface area contributed by atoms with E-state index in [9.17, 15) is 14.4 Å². The molecule has 0 unspecified atom stereocenters. The van der Waals surface area contributed by atoms with Crippen LogP contribution in [-0.4, -0.2) is 37.6 Å². The molecule has 2 rings (SSSR count). The molecule has 1 amide bonds. The summed E-state index contributed by atoms with van der Waals surface area (Å²) in [6.07, 6.45) is 0. The Labute approximate surface area is 174 Å². The predicted octanol–water partition coefficient (Wildman–Crippen LogP) is 3.70. The summed E-state index contributed by atoms with van der Waals surface area (Å²) in [6, 6.07) is 9.73. The largest absolute Gasteiger partial charge is 0.462 e. The van der Waals surface area contributed by atoms with E-state index in [0.717, 1.165) is 16.9 Å². The molecule has 0 fully saturated rings. The summed E-state index contributed by atoms with van der Waals surface area (Å²) in [5, 5.41) is 6.15. The zero-order valence-corrected chi connectivity index (χ0v) is 17.9. The molecule has 0 bridgehead atoms. The maximum absolute atomic E-state index is 12.5. The van der Waals surface area contributed by atoms with Crippen LogP contribution < -0.4 is 10.6 Å². The van der Waals surface area contributed by atoms with Crippen LogP contribution in [0.15, 0.2) is 30.3 Å². The highest BCUT2D eigenvalue weighted by molar-refractivity contribution is 7.18. The Bertz CT molecular complexity index is 863. The molecule has 0 radical (unpaired) electrons. The first-order valence-corrected chi connectivity index (χ1v) is 10.3. The molecule has 2 N–H and O–H groups in total. The highest BCUT2D eigenvalue weighted by Gasteiger charge is 2.27. The quantitative estimate of drug-likeness (QED) is 0.603. The fourth-order valence-corrected chi connectivity index (χ4v) is 3.82. The van der Waals surface area contributed by atoms with Crippen LogP contribution in [0.4, 0.5) is 5.00 Å². The Kier molecular flexibility index (Phi) is 8.35. The molecule has 1 atom stereocenters. The summed E-state index contributed by atoms with van der Waals surface area (Å²) >= 11 is 1.01. The van der Waals surface area contributed by atoms with E-state index in [1.165, 1.54) is 0 Å². The van der Waals surface area contributed by atoms with E-state index < -0.39 is 11.9 Å². The number of thiophene rings is 1. The van der Waals surface area contributed by atoms with E-state index in [2.05, 4.69) is 10.6 Å². The third kappa shape index (κ3) is 5.88. The van der Waals surface area contributed by atoms with Crippen molar-refractivity contribution in [2.45, 2.75) is 33.7 Å². The number of carbonyl (C=O) groups excluding carboxylic acids is 3. The third-order valence-corrected chi connectivity index (χ3v) is 5.40. The molecule has 0 aliphatic carbocycles. The topological polar surface area (TPSA) is 93.7 Å². The van der Waals surface area contributed by atoms with Crippen LogP contribution in [-0.2, 0) is 14.3 Å². The molecule has 29 heavy (non-hydrogen) atoms. The summed E-state index contributed by atoms with van der Waals surface area (Å²) in [5.41, 5.74) is 1.68. The monoisotopic (exact) mass is 418 g/mol. The molecule has 0 saturated carbocycles. The number of ether oxygens (including phenoxy) is 2. The first-order valence-electron chi connectivity index (χ1n) is 9.44. The summed E-state index contributed by atoms with van der Waals surface area (Å²) < 4.78 is 10.1. The van der Waals surface area contributed by atoms with E-state index in [0.29, 0.717) is 5.56 Å². The van der Waals surface area contributed by atoms with Gasteiger partial charge in [-0.1, -0.05) is 30.3 Å². The Balaban J connectivity index is 2.15. The molecular formula is C21H26N2O5S. The second-order valence-corrected chi connectivity index (χ2v) is 7.28. The Morgan fingerprint density at radius 3 is 2.28 bits per heavy atom. The molecule has 1 heterocycles. The number of hydrogen-bond acceptors (Lipinski definition) is 7. The van der Waals surface area contributed by atoms with Crippen molar-refractivity contribution >= 4 is 34.2 Å². The second-order valence-electron chi connectivity index (χ2n) is 6.26. The van der Waals surface area contributed by atoms with Gasteiger partial charge in [-0.25, -0.2) is 9.59 Å². The molecule has 1 aromatic carbocycles. The van der Waals surface area contributed by atoms with Crippen LogP contribution in [0.1, 0.15) is 58.0 Å². The molecule has 0 spiro atoms. The van der Waals surface area contributed by atoms with Crippen LogP contribution >= 0.6 is 11.3 Å². The van der Waals surface area contributed by atoms with Crippen molar-refractivity contribution in [3.8, 4) is 0 Å². The average molecular weight is 419 g/mol. The average Bonchev–Trinajstić information content (AvgIpc) is 3.03. The van der Waals surface area contributed by atoms with Gasteiger partial charge >= 0.3 is 11.9 Å². The minimum atomic E-state index is -0.585. The van der Waals surface area contributed by atoms with Gasteiger partial charge in [-0.3, -0.25) is 4.79 Å². The highest BCUT2D eigenvalue weighted by atomic mass is 32.1. The molecule has 156 valence electrons. The fraction of sp³-hybridized carbons (Fsp3) is 0.381. The summed E-state index contributed by atoms with van der Waals surface area (Å²) in [5.74, 6) is -1.44. The molecule has 2 aromatic rings. The van der Waals surface area contributed by atoms with E-state index in [1.54, 1.807) is 20.8 Å². The number of amides is 1. The lowest BCUT2D eigenvalue weighted by atomic mass is 10.1. The SMILES string of the molecule is CCOC(=O)c1sc(NC(=O)CN[C@H](C)c2ccccc2)c(C(=O)OCC)c1C. The number of hydrogen-bond donors (Lipinski definition) is 2. The number of nitrogens with one attached hydrogen (secondary N) is 2. The van der Waals surface area contributed by atoms with Gasteiger partial charge in [-0.15, -0.1) is 11.3 Å². The standard InChI is InChI=1S/C21H26N2O5S/c1-5-27-20(25)17-13(3)18(21(26)28-6-2)29-19(17)23-16(24)12-22-14(4)15-10-8-7-9-11-15/h7-11,14,22H,5-6,12H2,1-4H3,(H,23,24)/t14-/m1/s1. The molecule has 0 saturated heterocycles. The lowest BCUT2D eigenvalue weighted by molar-refractivity contribution is -0.115. The van der Waals surface area contributed by atoms with Gasteiger partial charge in [-0.05, 0) is 38.8 Å². The van der Waals surface area contributed by atoms with Crippen molar-refractivity contribution < 1.29 is 23.9 Å².